The lowest BCUT2D eigenvalue weighted by molar-refractivity contribution is -0.141. The van der Waals surface area contributed by atoms with Gasteiger partial charge in [-0.15, -0.1) is 11.8 Å². The molecular weight excluding hydrogens is 380 g/mol. The van der Waals surface area contributed by atoms with Crippen LogP contribution in [0.15, 0.2) is 22.7 Å². The fraction of sp³-hybridized carbons (Fsp3) is 0.353. The summed E-state index contributed by atoms with van der Waals surface area (Å²) in [6, 6.07) is 3.40. The van der Waals surface area contributed by atoms with Gasteiger partial charge in [0.2, 0.25) is 5.91 Å². The van der Waals surface area contributed by atoms with Gasteiger partial charge in [0.05, 0.1) is 23.6 Å². The first-order chi connectivity index (χ1) is 12.3. The molecule has 0 aliphatic heterocycles. The van der Waals surface area contributed by atoms with Gasteiger partial charge >= 0.3 is 5.97 Å². The van der Waals surface area contributed by atoms with Crippen molar-refractivity contribution in [2.75, 3.05) is 12.9 Å². The monoisotopic (exact) mass is 398 g/mol. The standard InChI is InChI=1S/C17H19ClN2O5S/c1-9-12(10(2)25-20-9)7-26-8-15(21)19-16(17(22)23)11-4-5-14(24-3)13(18)6-11/h4-6,16H,7-8H2,1-3H3,(H,19,21)(H,22,23). The summed E-state index contributed by atoms with van der Waals surface area (Å²) in [7, 11) is 1.47. The molecule has 1 aromatic carbocycles. The van der Waals surface area contributed by atoms with Crippen molar-refractivity contribution in [3.05, 3.63) is 45.8 Å². The van der Waals surface area contributed by atoms with E-state index < -0.39 is 12.0 Å². The average Bonchev–Trinajstić information content (AvgIpc) is 2.91. The number of nitrogens with zero attached hydrogens (tertiary/aromatic N) is 1. The van der Waals surface area contributed by atoms with Crippen LogP contribution in [0.1, 0.15) is 28.6 Å². The molecule has 1 unspecified atom stereocenters. The minimum atomic E-state index is -1.19. The van der Waals surface area contributed by atoms with E-state index in [0.717, 1.165) is 11.3 Å². The van der Waals surface area contributed by atoms with Crippen molar-refractivity contribution in [1.29, 1.82) is 0 Å². The predicted molar refractivity (Wildman–Crippen MR) is 98.7 cm³/mol. The van der Waals surface area contributed by atoms with Crippen LogP contribution >= 0.6 is 23.4 Å². The molecule has 0 radical (unpaired) electrons. The molecule has 0 aliphatic carbocycles. The van der Waals surface area contributed by atoms with Gasteiger partial charge in [-0.2, -0.15) is 0 Å². The van der Waals surface area contributed by atoms with E-state index >= 15 is 0 Å². The summed E-state index contributed by atoms with van der Waals surface area (Å²) in [6.45, 7) is 3.64. The maximum Gasteiger partial charge on any atom is 0.330 e. The Kier molecular flexibility index (Phi) is 6.93. The van der Waals surface area contributed by atoms with Crippen LogP contribution in [-0.2, 0) is 15.3 Å². The van der Waals surface area contributed by atoms with Crippen LogP contribution in [0, 0.1) is 13.8 Å². The van der Waals surface area contributed by atoms with Crippen LogP contribution in [0.3, 0.4) is 0 Å². The number of aryl methyl sites for hydroxylation is 2. The van der Waals surface area contributed by atoms with Crippen LogP contribution < -0.4 is 10.1 Å². The summed E-state index contributed by atoms with van der Waals surface area (Å²) in [6.07, 6.45) is 0. The number of hydrogen-bond acceptors (Lipinski definition) is 6. The molecule has 0 spiro atoms. The molecule has 0 aliphatic rings. The van der Waals surface area contributed by atoms with Gasteiger partial charge in [-0.3, -0.25) is 4.79 Å². The first-order valence-corrected chi connectivity index (χ1v) is 9.21. The van der Waals surface area contributed by atoms with Crippen LogP contribution in [0.25, 0.3) is 0 Å². The lowest BCUT2D eigenvalue weighted by atomic mass is 10.1. The molecule has 0 saturated carbocycles. The SMILES string of the molecule is COc1ccc(C(NC(=O)CSCc2c(C)noc2C)C(=O)O)cc1Cl. The number of thioether (sulfide) groups is 1. The van der Waals surface area contributed by atoms with Crippen molar-refractivity contribution in [2.45, 2.75) is 25.6 Å². The van der Waals surface area contributed by atoms with E-state index in [-0.39, 0.29) is 16.7 Å². The minimum Gasteiger partial charge on any atom is -0.495 e. The Hall–Kier alpha value is -2.19. The largest absolute Gasteiger partial charge is 0.495 e. The van der Waals surface area contributed by atoms with E-state index in [0.29, 0.717) is 22.8 Å². The van der Waals surface area contributed by atoms with Gasteiger partial charge in [-0.25, -0.2) is 4.79 Å². The minimum absolute atomic E-state index is 0.109. The number of aliphatic carboxylic acids is 1. The van der Waals surface area contributed by atoms with Gasteiger partial charge in [-0.1, -0.05) is 22.8 Å². The summed E-state index contributed by atoms with van der Waals surface area (Å²) in [5.41, 5.74) is 2.10. The number of amides is 1. The lowest BCUT2D eigenvalue weighted by Crippen LogP contribution is -2.34. The molecule has 1 heterocycles. The quantitative estimate of drug-likeness (QED) is 0.704. The van der Waals surface area contributed by atoms with Crippen molar-refractivity contribution >= 4 is 35.2 Å². The molecule has 2 aromatic rings. The number of halogens is 1. The number of hydrogen-bond donors (Lipinski definition) is 2. The normalized spacial score (nSPS) is 11.8. The molecular formula is C17H19ClN2O5S. The molecule has 0 bridgehead atoms. The Morgan fingerprint density at radius 2 is 2.15 bits per heavy atom. The first kappa shape index (κ1) is 20.1. The average molecular weight is 399 g/mol. The number of carbonyl (C=O) groups excluding carboxylic acids is 1. The number of carbonyl (C=O) groups is 2. The van der Waals surface area contributed by atoms with E-state index in [1.54, 1.807) is 12.1 Å². The molecule has 9 heteroatoms. The smallest absolute Gasteiger partial charge is 0.330 e. The van der Waals surface area contributed by atoms with Gasteiger partial charge in [0.15, 0.2) is 6.04 Å². The summed E-state index contributed by atoms with van der Waals surface area (Å²) in [5, 5.41) is 16.1. The fourth-order valence-corrected chi connectivity index (χ4v) is 3.56. The number of ether oxygens (including phenoxy) is 1. The lowest BCUT2D eigenvalue weighted by Gasteiger charge is -2.16. The second-order valence-electron chi connectivity index (χ2n) is 5.53. The van der Waals surface area contributed by atoms with E-state index in [9.17, 15) is 14.7 Å². The highest BCUT2D eigenvalue weighted by molar-refractivity contribution is 7.99. The number of aromatic nitrogens is 1. The summed E-state index contributed by atoms with van der Waals surface area (Å²) < 4.78 is 10.1. The molecule has 26 heavy (non-hydrogen) atoms. The molecule has 0 fully saturated rings. The van der Waals surface area contributed by atoms with Gasteiger partial charge in [0, 0.05) is 11.3 Å². The van der Waals surface area contributed by atoms with Crippen LogP contribution in [-0.4, -0.2) is 35.0 Å². The van der Waals surface area contributed by atoms with Crippen molar-refractivity contribution < 1.29 is 24.0 Å². The number of nitrogens with one attached hydrogen (secondary N) is 1. The third-order valence-electron chi connectivity index (χ3n) is 3.72. The number of carboxylic acid groups (broad SMARTS) is 1. The van der Waals surface area contributed by atoms with E-state index in [2.05, 4.69) is 10.5 Å². The molecule has 1 amide bonds. The molecule has 1 aromatic heterocycles. The van der Waals surface area contributed by atoms with Gasteiger partial charge in [-0.05, 0) is 31.5 Å². The van der Waals surface area contributed by atoms with Crippen LogP contribution in [0.2, 0.25) is 5.02 Å². The second-order valence-corrected chi connectivity index (χ2v) is 6.92. The molecule has 2 N–H and O–H groups in total. The van der Waals surface area contributed by atoms with E-state index in [1.165, 1.54) is 24.9 Å². The molecule has 140 valence electrons. The van der Waals surface area contributed by atoms with Crippen LogP contribution in [0.4, 0.5) is 0 Å². The number of rotatable bonds is 8. The summed E-state index contributed by atoms with van der Waals surface area (Å²) >= 11 is 7.39. The van der Waals surface area contributed by atoms with Crippen molar-refractivity contribution in [3.63, 3.8) is 0 Å². The molecule has 2 rings (SSSR count). The van der Waals surface area contributed by atoms with Gasteiger partial charge in [0.1, 0.15) is 11.5 Å². The van der Waals surface area contributed by atoms with Gasteiger partial charge in [0.25, 0.3) is 0 Å². The highest BCUT2D eigenvalue weighted by atomic mass is 35.5. The Labute approximate surface area is 160 Å². The maximum absolute atomic E-state index is 12.1. The third kappa shape index (κ3) is 4.92. The first-order valence-electron chi connectivity index (χ1n) is 7.68. The fourth-order valence-electron chi connectivity index (χ4n) is 2.31. The third-order valence-corrected chi connectivity index (χ3v) is 4.98. The second kappa shape index (κ2) is 8.95. The summed E-state index contributed by atoms with van der Waals surface area (Å²) in [4.78, 5) is 23.7. The summed E-state index contributed by atoms with van der Waals surface area (Å²) in [5.74, 6) is 0.252. The predicted octanol–water partition coefficient (Wildman–Crippen LogP) is 3.13. The maximum atomic E-state index is 12.1. The van der Waals surface area contributed by atoms with Crippen molar-refractivity contribution in [3.8, 4) is 5.75 Å². The molecule has 7 nitrogen and oxygen atoms in total. The Balaban J connectivity index is 1.98. The number of methoxy groups -OCH3 is 1. The molecule has 0 saturated heterocycles. The van der Waals surface area contributed by atoms with Gasteiger partial charge < -0.3 is 19.7 Å². The highest BCUT2D eigenvalue weighted by Crippen LogP contribution is 2.28. The zero-order chi connectivity index (χ0) is 19.3. The Morgan fingerprint density at radius 1 is 1.42 bits per heavy atom. The van der Waals surface area contributed by atoms with E-state index in [4.69, 9.17) is 20.9 Å². The highest BCUT2D eigenvalue weighted by Gasteiger charge is 2.23. The molecule has 1 atom stereocenters. The number of benzene rings is 1. The zero-order valence-corrected chi connectivity index (χ0v) is 16.1. The van der Waals surface area contributed by atoms with E-state index in [1.807, 2.05) is 13.8 Å². The van der Waals surface area contributed by atoms with Crippen LogP contribution in [0.5, 0.6) is 5.75 Å². The Bertz CT molecular complexity index is 789. The van der Waals surface area contributed by atoms with Crippen molar-refractivity contribution in [2.24, 2.45) is 0 Å². The topological polar surface area (TPSA) is 102 Å². The Morgan fingerprint density at radius 3 is 2.69 bits per heavy atom. The number of carboxylic acids is 1. The zero-order valence-electron chi connectivity index (χ0n) is 14.5. The van der Waals surface area contributed by atoms with Crippen molar-refractivity contribution in [1.82, 2.24) is 10.5 Å².